The average molecular weight is 346 g/mol. The molecule has 126 valence electrons. The minimum atomic E-state index is 0.0737. The van der Waals surface area contributed by atoms with Crippen molar-refractivity contribution in [3.63, 3.8) is 0 Å². The van der Waals surface area contributed by atoms with Crippen molar-refractivity contribution < 1.29 is 9.53 Å². The summed E-state index contributed by atoms with van der Waals surface area (Å²) in [5.74, 6) is 0.533. The smallest absolute Gasteiger partial charge is 0.257 e. The molecule has 2 aromatic rings. The van der Waals surface area contributed by atoms with Crippen LogP contribution in [-0.4, -0.2) is 46.4 Å². The summed E-state index contributed by atoms with van der Waals surface area (Å²) in [5.41, 5.74) is 1.52. The maximum absolute atomic E-state index is 12.9. The molecule has 0 unspecified atom stereocenters. The topological polar surface area (TPSA) is 47.4 Å². The van der Waals surface area contributed by atoms with Crippen molar-refractivity contribution in [3.8, 4) is 5.69 Å². The predicted octanol–water partition coefficient (Wildman–Crippen LogP) is 3.17. The molecule has 1 saturated carbocycles. The van der Waals surface area contributed by atoms with E-state index in [2.05, 4.69) is 5.10 Å². The summed E-state index contributed by atoms with van der Waals surface area (Å²) in [6.45, 7) is 2.36. The standard InChI is InChI=1S/C18H20ClN3O2/c19-15-1-3-17(4-2-15)22-11-14(9-20-22)18(23)21(16-5-6-16)10-13-7-8-24-12-13/h1-4,9,11,13,16H,5-8,10,12H2/t13-/m0/s1. The summed E-state index contributed by atoms with van der Waals surface area (Å²) in [6.07, 6.45) is 6.69. The lowest BCUT2D eigenvalue weighted by atomic mass is 10.1. The summed E-state index contributed by atoms with van der Waals surface area (Å²) in [5, 5.41) is 5.01. The molecule has 1 atom stereocenters. The summed E-state index contributed by atoms with van der Waals surface area (Å²) in [7, 11) is 0. The Bertz CT molecular complexity index is 718. The first-order valence-corrected chi connectivity index (χ1v) is 8.78. The van der Waals surface area contributed by atoms with Gasteiger partial charge in [0.25, 0.3) is 5.91 Å². The van der Waals surface area contributed by atoms with Gasteiger partial charge >= 0.3 is 0 Å². The number of carbonyl (C=O) groups excluding carboxylic acids is 1. The van der Waals surface area contributed by atoms with Gasteiger partial charge in [0.2, 0.25) is 0 Å². The van der Waals surface area contributed by atoms with Gasteiger partial charge in [-0.2, -0.15) is 5.10 Å². The molecular weight excluding hydrogens is 326 g/mol. The molecule has 4 rings (SSSR count). The molecule has 2 aliphatic rings. The summed E-state index contributed by atoms with van der Waals surface area (Å²) in [6, 6.07) is 7.79. The third-order valence-electron chi connectivity index (χ3n) is 4.65. The summed E-state index contributed by atoms with van der Waals surface area (Å²) < 4.78 is 7.17. The van der Waals surface area contributed by atoms with E-state index >= 15 is 0 Å². The van der Waals surface area contributed by atoms with Crippen LogP contribution in [0.2, 0.25) is 5.02 Å². The Morgan fingerprint density at radius 1 is 1.29 bits per heavy atom. The molecule has 2 fully saturated rings. The van der Waals surface area contributed by atoms with E-state index in [4.69, 9.17) is 16.3 Å². The van der Waals surface area contributed by atoms with E-state index in [0.717, 1.165) is 44.7 Å². The maximum Gasteiger partial charge on any atom is 0.257 e. The Hall–Kier alpha value is -1.85. The Morgan fingerprint density at radius 2 is 2.08 bits per heavy atom. The Kier molecular flexibility index (Phi) is 4.29. The lowest BCUT2D eigenvalue weighted by Gasteiger charge is -2.24. The van der Waals surface area contributed by atoms with Crippen LogP contribution in [0.25, 0.3) is 5.69 Å². The first kappa shape index (κ1) is 15.7. The molecule has 0 N–H and O–H groups in total. The van der Waals surface area contributed by atoms with Crippen LogP contribution < -0.4 is 0 Å². The van der Waals surface area contributed by atoms with Crippen LogP contribution in [0.15, 0.2) is 36.7 Å². The van der Waals surface area contributed by atoms with Gasteiger partial charge in [-0.15, -0.1) is 0 Å². The highest BCUT2D eigenvalue weighted by atomic mass is 35.5. The van der Waals surface area contributed by atoms with E-state index in [1.165, 1.54) is 0 Å². The zero-order valence-corrected chi connectivity index (χ0v) is 14.2. The van der Waals surface area contributed by atoms with Crippen molar-refractivity contribution >= 4 is 17.5 Å². The largest absolute Gasteiger partial charge is 0.381 e. The minimum Gasteiger partial charge on any atom is -0.381 e. The van der Waals surface area contributed by atoms with Gasteiger partial charge in [-0.25, -0.2) is 4.68 Å². The first-order chi connectivity index (χ1) is 11.7. The van der Waals surface area contributed by atoms with Gasteiger partial charge in [-0.1, -0.05) is 11.6 Å². The molecule has 0 bridgehead atoms. The number of hydrogen-bond acceptors (Lipinski definition) is 3. The summed E-state index contributed by atoms with van der Waals surface area (Å²) in [4.78, 5) is 14.9. The molecule has 1 aliphatic heterocycles. The van der Waals surface area contributed by atoms with Crippen LogP contribution in [0, 0.1) is 5.92 Å². The zero-order valence-electron chi connectivity index (χ0n) is 13.4. The first-order valence-electron chi connectivity index (χ1n) is 8.40. The number of carbonyl (C=O) groups is 1. The van der Waals surface area contributed by atoms with Crippen LogP contribution >= 0.6 is 11.6 Å². The van der Waals surface area contributed by atoms with Crippen molar-refractivity contribution in [3.05, 3.63) is 47.2 Å². The lowest BCUT2D eigenvalue weighted by Crippen LogP contribution is -2.37. The molecule has 0 spiro atoms. The molecule has 5 nitrogen and oxygen atoms in total. The Labute approximate surface area is 146 Å². The fourth-order valence-corrected chi connectivity index (χ4v) is 3.25. The number of aromatic nitrogens is 2. The average Bonchev–Trinajstić information content (AvgIpc) is 3.10. The third kappa shape index (κ3) is 3.32. The molecule has 6 heteroatoms. The maximum atomic E-state index is 12.9. The monoisotopic (exact) mass is 345 g/mol. The second kappa shape index (κ2) is 6.57. The number of hydrogen-bond donors (Lipinski definition) is 0. The van der Waals surface area contributed by atoms with Gasteiger partial charge in [0.05, 0.1) is 24.1 Å². The number of amides is 1. The third-order valence-corrected chi connectivity index (χ3v) is 4.90. The van der Waals surface area contributed by atoms with Crippen molar-refractivity contribution in [2.24, 2.45) is 5.92 Å². The van der Waals surface area contributed by atoms with Crippen LogP contribution in [-0.2, 0) is 4.74 Å². The van der Waals surface area contributed by atoms with E-state index in [-0.39, 0.29) is 5.91 Å². The van der Waals surface area contributed by atoms with Crippen molar-refractivity contribution in [2.75, 3.05) is 19.8 Å². The van der Waals surface area contributed by atoms with Crippen LogP contribution in [0.4, 0.5) is 0 Å². The highest BCUT2D eigenvalue weighted by Gasteiger charge is 2.35. The fourth-order valence-electron chi connectivity index (χ4n) is 3.12. The van der Waals surface area contributed by atoms with E-state index in [9.17, 15) is 4.79 Å². The molecule has 1 aliphatic carbocycles. The predicted molar refractivity (Wildman–Crippen MR) is 91.6 cm³/mol. The van der Waals surface area contributed by atoms with Gasteiger partial charge in [-0.3, -0.25) is 4.79 Å². The summed E-state index contributed by atoms with van der Waals surface area (Å²) >= 11 is 5.92. The van der Waals surface area contributed by atoms with E-state index in [0.29, 0.717) is 22.5 Å². The van der Waals surface area contributed by atoms with E-state index in [1.54, 1.807) is 17.1 Å². The van der Waals surface area contributed by atoms with Gasteiger partial charge in [0.15, 0.2) is 0 Å². The van der Waals surface area contributed by atoms with Crippen LogP contribution in [0.3, 0.4) is 0 Å². The van der Waals surface area contributed by atoms with Gasteiger partial charge in [-0.05, 0) is 43.5 Å². The molecule has 1 aromatic carbocycles. The molecule has 2 heterocycles. The number of nitrogens with zero attached hydrogens (tertiary/aromatic N) is 3. The SMILES string of the molecule is O=C(c1cnn(-c2ccc(Cl)cc2)c1)N(C[C@@H]1CCOC1)C1CC1. The van der Waals surface area contributed by atoms with Crippen LogP contribution in [0.1, 0.15) is 29.6 Å². The second-order valence-corrected chi connectivity index (χ2v) is 7.00. The zero-order chi connectivity index (χ0) is 16.5. The number of ether oxygens (including phenoxy) is 1. The number of rotatable bonds is 5. The molecule has 1 amide bonds. The van der Waals surface area contributed by atoms with E-state index < -0.39 is 0 Å². The minimum absolute atomic E-state index is 0.0737. The Morgan fingerprint density at radius 3 is 2.75 bits per heavy atom. The lowest BCUT2D eigenvalue weighted by molar-refractivity contribution is 0.0706. The highest BCUT2D eigenvalue weighted by molar-refractivity contribution is 6.30. The normalized spacial score (nSPS) is 20.3. The molecular formula is C18H20ClN3O2. The number of halogens is 1. The molecule has 1 aromatic heterocycles. The van der Waals surface area contributed by atoms with Gasteiger partial charge < -0.3 is 9.64 Å². The molecule has 0 radical (unpaired) electrons. The highest BCUT2D eigenvalue weighted by Crippen LogP contribution is 2.30. The van der Waals surface area contributed by atoms with Gasteiger partial charge in [0, 0.05) is 36.3 Å². The molecule has 24 heavy (non-hydrogen) atoms. The van der Waals surface area contributed by atoms with Crippen molar-refractivity contribution in [1.82, 2.24) is 14.7 Å². The van der Waals surface area contributed by atoms with Crippen LogP contribution in [0.5, 0.6) is 0 Å². The Balaban J connectivity index is 1.51. The van der Waals surface area contributed by atoms with Crippen molar-refractivity contribution in [1.29, 1.82) is 0 Å². The number of benzene rings is 1. The second-order valence-electron chi connectivity index (χ2n) is 6.57. The fraction of sp³-hybridized carbons (Fsp3) is 0.444. The van der Waals surface area contributed by atoms with Gasteiger partial charge in [0.1, 0.15) is 0 Å². The van der Waals surface area contributed by atoms with Crippen molar-refractivity contribution in [2.45, 2.75) is 25.3 Å². The quantitative estimate of drug-likeness (QED) is 0.836. The van der Waals surface area contributed by atoms with E-state index in [1.807, 2.05) is 29.2 Å². The molecule has 1 saturated heterocycles.